The molecular formula is C15H24N4. The topological polar surface area (TPSA) is 41.1 Å². The molecule has 2 atom stereocenters. The molecule has 2 unspecified atom stereocenters. The van der Waals surface area contributed by atoms with Gasteiger partial charge in [-0.05, 0) is 57.7 Å². The summed E-state index contributed by atoms with van der Waals surface area (Å²) >= 11 is 0. The minimum Gasteiger partial charge on any atom is -0.314 e. The summed E-state index contributed by atoms with van der Waals surface area (Å²) in [7, 11) is 0. The Hall–Kier alpha value is -1.00. The van der Waals surface area contributed by atoms with Gasteiger partial charge in [-0.2, -0.15) is 0 Å². The third-order valence-corrected chi connectivity index (χ3v) is 4.43. The number of nitrogens with one attached hydrogen (secondary N) is 1. The van der Waals surface area contributed by atoms with Crippen LogP contribution in [0.15, 0.2) is 12.3 Å². The van der Waals surface area contributed by atoms with Gasteiger partial charge in [-0.1, -0.05) is 0 Å². The number of aryl methyl sites for hydroxylation is 1. The first-order valence-corrected chi connectivity index (χ1v) is 7.55. The molecular weight excluding hydrogens is 236 g/mol. The van der Waals surface area contributed by atoms with E-state index in [-0.39, 0.29) is 0 Å². The van der Waals surface area contributed by atoms with Crippen LogP contribution in [-0.4, -0.2) is 40.5 Å². The fourth-order valence-electron chi connectivity index (χ4n) is 3.50. The van der Waals surface area contributed by atoms with E-state index in [4.69, 9.17) is 0 Å². The van der Waals surface area contributed by atoms with Crippen molar-refractivity contribution >= 4 is 0 Å². The van der Waals surface area contributed by atoms with Gasteiger partial charge in [0.2, 0.25) is 0 Å². The molecule has 4 nitrogen and oxygen atoms in total. The predicted octanol–water partition coefficient (Wildman–Crippen LogP) is 1.75. The fourth-order valence-corrected chi connectivity index (χ4v) is 3.50. The van der Waals surface area contributed by atoms with Crippen molar-refractivity contribution in [2.75, 3.05) is 19.6 Å². The van der Waals surface area contributed by atoms with Crippen LogP contribution in [0.3, 0.4) is 0 Å². The summed E-state index contributed by atoms with van der Waals surface area (Å²) in [5, 5.41) is 3.67. The van der Waals surface area contributed by atoms with E-state index in [1.807, 2.05) is 19.2 Å². The van der Waals surface area contributed by atoms with Gasteiger partial charge in [-0.25, -0.2) is 9.97 Å². The number of hydrogen-bond donors (Lipinski definition) is 1. The summed E-state index contributed by atoms with van der Waals surface area (Å²) in [4.78, 5) is 11.3. The monoisotopic (exact) mass is 260 g/mol. The molecule has 2 aliphatic heterocycles. The molecule has 4 heteroatoms. The zero-order valence-corrected chi connectivity index (χ0v) is 11.8. The minimum absolute atomic E-state index is 0.759. The van der Waals surface area contributed by atoms with Gasteiger partial charge in [-0.3, -0.25) is 4.90 Å². The summed E-state index contributed by atoms with van der Waals surface area (Å²) in [6, 6.07) is 2.81. The van der Waals surface area contributed by atoms with Gasteiger partial charge in [0.25, 0.3) is 0 Å². The second kappa shape index (κ2) is 5.97. The maximum atomic E-state index is 4.52. The van der Waals surface area contributed by atoms with Crippen molar-refractivity contribution in [1.82, 2.24) is 20.2 Å². The van der Waals surface area contributed by atoms with Crippen LogP contribution in [0.1, 0.15) is 37.2 Å². The maximum absolute atomic E-state index is 4.52. The van der Waals surface area contributed by atoms with E-state index in [2.05, 4.69) is 20.2 Å². The van der Waals surface area contributed by atoms with E-state index >= 15 is 0 Å². The second-order valence-electron chi connectivity index (χ2n) is 5.94. The molecule has 19 heavy (non-hydrogen) atoms. The first kappa shape index (κ1) is 13.0. The van der Waals surface area contributed by atoms with E-state index in [0.717, 1.165) is 30.0 Å². The van der Waals surface area contributed by atoms with Crippen molar-refractivity contribution in [2.24, 2.45) is 5.92 Å². The maximum Gasteiger partial charge on any atom is 0.125 e. The lowest BCUT2D eigenvalue weighted by Crippen LogP contribution is -2.43. The molecule has 1 aromatic heterocycles. The molecule has 1 aromatic rings. The van der Waals surface area contributed by atoms with Crippen LogP contribution in [0.4, 0.5) is 0 Å². The van der Waals surface area contributed by atoms with Crippen molar-refractivity contribution in [2.45, 2.75) is 45.2 Å². The molecule has 1 N–H and O–H groups in total. The lowest BCUT2D eigenvalue weighted by molar-refractivity contribution is 0.144. The summed E-state index contributed by atoms with van der Waals surface area (Å²) < 4.78 is 0. The van der Waals surface area contributed by atoms with E-state index in [0.29, 0.717) is 0 Å². The molecule has 0 spiro atoms. The molecule has 0 aliphatic carbocycles. The lowest BCUT2D eigenvalue weighted by atomic mass is 9.90. The standard InChI is InChI=1S/C15H24N4/c1-12-16-8-6-14(18-12)11-19-9-3-4-13(10-19)15-5-2-7-17-15/h6,8,13,15,17H,2-5,7,9-11H2,1H3. The van der Waals surface area contributed by atoms with Crippen LogP contribution >= 0.6 is 0 Å². The van der Waals surface area contributed by atoms with Crippen LogP contribution in [0.5, 0.6) is 0 Å². The number of nitrogens with zero attached hydrogens (tertiary/aromatic N) is 3. The number of piperidine rings is 1. The van der Waals surface area contributed by atoms with Crippen LogP contribution in [0.25, 0.3) is 0 Å². The Morgan fingerprint density at radius 2 is 2.32 bits per heavy atom. The summed E-state index contributed by atoms with van der Waals surface area (Å²) in [5.41, 5.74) is 1.16. The highest BCUT2D eigenvalue weighted by Gasteiger charge is 2.28. The quantitative estimate of drug-likeness (QED) is 0.899. The third-order valence-electron chi connectivity index (χ3n) is 4.43. The van der Waals surface area contributed by atoms with Gasteiger partial charge < -0.3 is 5.32 Å². The number of likely N-dealkylation sites (tertiary alicyclic amines) is 1. The van der Waals surface area contributed by atoms with Crippen LogP contribution in [-0.2, 0) is 6.54 Å². The highest BCUT2D eigenvalue weighted by molar-refractivity contribution is 5.02. The van der Waals surface area contributed by atoms with Gasteiger partial charge >= 0.3 is 0 Å². The number of aromatic nitrogens is 2. The number of rotatable bonds is 3. The molecule has 3 rings (SSSR count). The van der Waals surface area contributed by atoms with Crippen molar-refractivity contribution in [3.8, 4) is 0 Å². The van der Waals surface area contributed by atoms with Crippen molar-refractivity contribution < 1.29 is 0 Å². The Balaban J connectivity index is 1.58. The zero-order valence-electron chi connectivity index (χ0n) is 11.8. The molecule has 2 saturated heterocycles. The fraction of sp³-hybridized carbons (Fsp3) is 0.733. The highest BCUT2D eigenvalue weighted by Crippen LogP contribution is 2.25. The van der Waals surface area contributed by atoms with Crippen LogP contribution < -0.4 is 5.32 Å². The third kappa shape index (κ3) is 3.31. The van der Waals surface area contributed by atoms with Gasteiger partial charge in [-0.15, -0.1) is 0 Å². The van der Waals surface area contributed by atoms with E-state index in [1.165, 1.54) is 45.3 Å². The SMILES string of the molecule is Cc1nccc(CN2CCCC(C3CCCN3)C2)n1. The number of hydrogen-bond acceptors (Lipinski definition) is 4. The Labute approximate surface area is 115 Å². The van der Waals surface area contributed by atoms with E-state index < -0.39 is 0 Å². The average Bonchev–Trinajstić information content (AvgIpc) is 2.93. The van der Waals surface area contributed by atoms with Crippen molar-refractivity contribution in [3.05, 3.63) is 23.8 Å². The zero-order chi connectivity index (χ0) is 13.1. The van der Waals surface area contributed by atoms with Gasteiger partial charge in [0, 0.05) is 25.3 Å². The first-order valence-electron chi connectivity index (χ1n) is 7.55. The highest BCUT2D eigenvalue weighted by atomic mass is 15.1. The molecule has 2 fully saturated rings. The molecule has 2 aliphatic rings. The summed E-state index contributed by atoms with van der Waals surface area (Å²) in [5.74, 6) is 1.71. The van der Waals surface area contributed by atoms with Gasteiger partial charge in [0.15, 0.2) is 0 Å². The Kier molecular flexibility index (Phi) is 4.09. The Morgan fingerprint density at radius 1 is 1.37 bits per heavy atom. The normalized spacial score (nSPS) is 28.7. The molecule has 3 heterocycles. The molecule has 0 saturated carbocycles. The molecule has 0 bridgehead atoms. The Bertz CT molecular complexity index is 414. The average molecular weight is 260 g/mol. The molecule has 0 amide bonds. The summed E-state index contributed by atoms with van der Waals surface area (Å²) in [6.07, 6.45) is 7.30. The molecule has 0 aromatic carbocycles. The predicted molar refractivity (Wildman–Crippen MR) is 75.8 cm³/mol. The van der Waals surface area contributed by atoms with Crippen LogP contribution in [0, 0.1) is 12.8 Å². The van der Waals surface area contributed by atoms with Crippen LogP contribution in [0.2, 0.25) is 0 Å². The molecule has 104 valence electrons. The minimum atomic E-state index is 0.759. The lowest BCUT2D eigenvalue weighted by Gasteiger charge is -2.35. The largest absolute Gasteiger partial charge is 0.314 e. The van der Waals surface area contributed by atoms with Gasteiger partial charge in [0.1, 0.15) is 5.82 Å². The van der Waals surface area contributed by atoms with E-state index in [9.17, 15) is 0 Å². The Morgan fingerprint density at radius 3 is 3.11 bits per heavy atom. The molecule has 0 radical (unpaired) electrons. The van der Waals surface area contributed by atoms with E-state index in [1.54, 1.807) is 0 Å². The van der Waals surface area contributed by atoms with Gasteiger partial charge in [0.05, 0.1) is 5.69 Å². The smallest absolute Gasteiger partial charge is 0.125 e. The van der Waals surface area contributed by atoms with Crippen molar-refractivity contribution in [3.63, 3.8) is 0 Å². The first-order chi connectivity index (χ1) is 9.31. The summed E-state index contributed by atoms with van der Waals surface area (Å²) in [6.45, 7) is 6.59. The second-order valence-corrected chi connectivity index (χ2v) is 5.94. The van der Waals surface area contributed by atoms with Crippen molar-refractivity contribution in [1.29, 1.82) is 0 Å².